The van der Waals surface area contributed by atoms with Crippen molar-refractivity contribution in [2.45, 2.75) is 44.2 Å². The highest BCUT2D eigenvalue weighted by Crippen LogP contribution is 2.50. The Labute approximate surface area is 194 Å². The second-order valence-corrected chi connectivity index (χ2v) is 9.38. The molecule has 1 amide bonds. The van der Waals surface area contributed by atoms with Crippen LogP contribution in [0.15, 0.2) is 59.1 Å². The largest absolute Gasteiger partial charge is 0.497 e. The molecule has 1 aliphatic carbocycles. The van der Waals surface area contributed by atoms with Crippen molar-refractivity contribution in [1.82, 2.24) is 20.4 Å². The Morgan fingerprint density at radius 3 is 2.67 bits per heavy atom. The summed E-state index contributed by atoms with van der Waals surface area (Å²) in [5.41, 5.74) is 2.06. The fourth-order valence-corrected chi connectivity index (χ4v) is 5.59. The van der Waals surface area contributed by atoms with Crippen molar-refractivity contribution in [2.75, 3.05) is 20.2 Å². The molecule has 5 rings (SSSR count). The number of nitrogens with zero attached hydrogens (tertiary/aromatic N) is 3. The van der Waals surface area contributed by atoms with Crippen molar-refractivity contribution in [3.8, 4) is 5.75 Å². The van der Waals surface area contributed by atoms with Crippen LogP contribution in [0.1, 0.15) is 35.7 Å². The van der Waals surface area contributed by atoms with E-state index >= 15 is 0 Å². The van der Waals surface area contributed by atoms with Crippen molar-refractivity contribution in [2.24, 2.45) is 5.92 Å². The Hall–Kier alpha value is -3.19. The van der Waals surface area contributed by atoms with Gasteiger partial charge < -0.3 is 14.6 Å². The number of aryl methyl sites for hydroxylation is 1. The van der Waals surface area contributed by atoms with Crippen LogP contribution < -0.4 is 10.1 Å². The Kier molecular flexibility index (Phi) is 5.89. The molecule has 2 heterocycles. The molecule has 0 radical (unpaired) electrons. The highest BCUT2D eigenvalue weighted by atomic mass is 16.5. The van der Waals surface area contributed by atoms with Crippen LogP contribution in [0.3, 0.4) is 0 Å². The molecule has 2 aliphatic rings. The molecule has 0 spiro atoms. The fourth-order valence-electron chi connectivity index (χ4n) is 5.59. The predicted molar refractivity (Wildman–Crippen MR) is 124 cm³/mol. The third-order valence-corrected chi connectivity index (χ3v) is 7.04. The van der Waals surface area contributed by atoms with Gasteiger partial charge in [-0.2, -0.15) is 4.98 Å². The molecular formula is C26H30N4O3. The maximum Gasteiger partial charge on any atom is 0.234 e. The van der Waals surface area contributed by atoms with Gasteiger partial charge in [-0.1, -0.05) is 47.6 Å². The maximum atomic E-state index is 12.8. The summed E-state index contributed by atoms with van der Waals surface area (Å²) < 4.78 is 10.9. The van der Waals surface area contributed by atoms with Crippen molar-refractivity contribution in [1.29, 1.82) is 0 Å². The van der Waals surface area contributed by atoms with Crippen molar-refractivity contribution in [3.63, 3.8) is 0 Å². The number of amides is 1. The minimum atomic E-state index is -0.214. The normalized spacial score (nSPS) is 24.5. The number of fused-ring (bicyclic) bond motifs is 1. The molecule has 2 aromatic carbocycles. The molecule has 1 saturated carbocycles. The summed E-state index contributed by atoms with van der Waals surface area (Å²) in [5.74, 6) is 2.58. The van der Waals surface area contributed by atoms with Gasteiger partial charge in [0.25, 0.3) is 0 Å². The summed E-state index contributed by atoms with van der Waals surface area (Å²) in [6, 6.07) is 18.3. The number of hydrogen-bond donors (Lipinski definition) is 1. The quantitative estimate of drug-likeness (QED) is 0.600. The minimum absolute atomic E-state index is 0.0446. The summed E-state index contributed by atoms with van der Waals surface area (Å²) >= 11 is 0. The van der Waals surface area contributed by atoms with E-state index < -0.39 is 0 Å². The molecule has 3 unspecified atom stereocenters. The maximum absolute atomic E-state index is 12.8. The Morgan fingerprint density at radius 1 is 1.18 bits per heavy atom. The van der Waals surface area contributed by atoms with E-state index in [1.165, 1.54) is 5.56 Å². The van der Waals surface area contributed by atoms with Crippen LogP contribution in [0.25, 0.3) is 0 Å². The van der Waals surface area contributed by atoms with Gasteiger partial charge in [0.15, 0.2) is 5.82 Å². The third kappa shape index (κ3) is 4.50. The van der Waals surface area contributed by atoms with E-state index in [4.69, 9.17) is 9.26 Å². The second kappa shape index (κ2) is 8.98. The van der Waals surface area contributed by atoms with Crippen LogP contribution in [-0.4, -0.2) is 47.2 Å². The third-order valence-electron chi connectivity index (χ3n) is 7.04. The van der Waals surface area contributed by atoms with Crippen LogP contribution in [0.5, 0.6) is 5.75 Å². The summed E-state index contributed by atoms with van der Waals surface area (Å²) in [5, 5.41) is 7.35. The first-order valence-corrected chi connectivity index (χ1v) is 11.5. The molecule has 33 heavy (non-hydrogen) atoms. The molecule has 172 valence electrons. The van der Waals surface area contributed by atoms with Gasteiger partial charge in [0.2, 0.25) is 11.8 Å². The first-order valence-electron chi connectivity index (χ1n) is 11.5. The van der Waals surface area contributed by atoms with E-state index in [-0.39, 0.29) is 17.4 Å². The summed E-state index contributed by atoms with van der Waals surface area (Å²) in [6.45, 7) is 4.58. The monoisotopic (exact) mass is 446 g/mol. The SMILES string of the molecule is COc1ccc(CC(=O)NC2CC3CN(Cc4ccccc4)CC3(c3nc(C)no3)C2)cc1. The molecule has 3 atom stereocenters. The first-order chi connectivity index (χ1) is 16.0. The number of rotatable bonds is 7. The highest BCUT2D eigenvalue weighted by molar-refractivity contribution is 5.79. The van der Waals surface area contributed by atoms with Crippen molar-refractivity contribution >= 4 is 5.91 Å². The summed E-state index contributed by atoms with van der Waals surface area (Å²) in [7, 11) is 1.64. The van der Waals surface area contributed by atoms with E-state index in [1.54, 1.807) is 7.11 Å². The van der Waals surface area contributed by atoms with Gasteiger partial charge in [0.1, 0.15) is 5.75 Å². The molecule has 1 N–H and O–H groups in total. The molecular weight excluding hydrogens is 416 g/mol. The van der Waals surface area contributed by atoms with E-state index in [0.29, 0.717) is 24.1 Å². The zero-order chi connectivity index (χ0) is 22.8. The molecule has 2 fully saturated rings. The Bertz CT molecular complexity index is 1100. The molecule has 7 nitrogen and oxygen atoms in total. The minimum Gasteiger partial charge on any atom is -0.497 e. The highest BCUT2D eigenvalue weighted by Gasteiger charge is 2.57. The van der Waals surface area contributed by atoms with E-state index in [1.807, 2.05) is 37.3 Å². The number of nitrogens with one attached hydrogen (secondary N) is 1. The van der Waals surface area contributed by atoms with Gasteiger partial charge in [0.05, 0.1) is 18.9 Å². The number of carbonyl (C=O) groups is 1. The van der Waals surface area contributed by atoms with Gasteiger partial charge in [-0.05, 0) is 48.9 Å². The molecule has 1 aromatic heterocycles. The summed E-state index contributed by atoms with van der Waals surface area (Å²) in [4.78, 5) is 19.9. The Balaban J connectivity index is 1.27. The van der Waals surface area contributed by atoms with Crippen LogP contribution in [0.2, 0.25) is 0 Å². The van der Waals surface area contributed by atoms with Gasteiger partial charge >= 0.3 is 0 Å². The van der Waals surface area contributed by atoms with Crippen molar-refractivity contribution < 1.29 is 14.1 Å². The van der Waals surface area contributed by atoms with E-state index in [2.05, 4.69) is 44.6 Å². The van der Waals surface area contributed by atoms with Gasteiger partial charge in [-0.25, -0.2) is 0 Å². The molecule has 1 saturated heterocycles. The number of likely N-dealkylation sites (tertiary alicyclic amines) is 1. The first kappa shape index (κ1) is 21.6. The number of benzene rings is 2. The second-order valence-electron chi connectivity index (χ2n) is 9.38. The number of carbonyl (C=O) groups excluding carboxylic acids is 1. The lowest BCUT2D eigenvalue weighted by atomic mass is 9.80. The number of hydrogen-bond acceptors (Lipinski definition) is 6. The van der Waals surface area contributed by atoms with Crippen LogP contribution in [0.4, 0.5) is 0 Å². The van der Waals surface area contributed by atoms with Crippen LogP contribution >= 0.6 is 0 Å². The average Bonchev–Trinajstić information content (AvgIpc) is 3.47. The lowest BCUT2D eigenvalue weighted by Crippen LogP contribution is -2.38. The van der Waals surface area contributed by atoms with Crippen LogP contribution in [-0.2, 0) is 23.2 Å². The number of ether oxygens (including phenoxy) is 1. The van der Waals surface area contributed by atoms with Gasteiger partial charge in [0, 0.05) is 25.7 Å². The zero-order valence-electron chi connectivity index (χ0n) is 19.2. The Morgan fingerprint density at radius 2 is 1.97 bits per heavy atom. The average molecular weight is 447 g/mol. The molecule has 1 aliphatic heterocycles. The predicted octanol–water partition coefficient (Wildman–Crippen LogP) is 3.28. The smallest absolute Gasteiger partial charge is 0.234 e. The lowest BCUT2D eigenvalue weighted by Gasteiger charge is -2.25. The van der Waals surface area contributed by atoms with E-state index in [9.17, 15) is 4.79 Å². The zero-order valence-corrected chi connectivity index (χ0v) is 19.2. The van der Waals surface area contributed by atoms with Gasteiger partial charge in [-0.3, -0.25) is 9.69 Å². The molecule has 3 aromatic rings. The van der Waals surface area contributed by atoms with E-state index in [0.717, 1.165) is 43.8 Å². The number of aromatic nitrogens is 2. The summed E-state index contributed by atoms with van der Waals surface area (Å²) in [6.07, 6.45) is 2.10. The fraction of sp³-hybridized carbons (Fsp3) is 0.423. The topological polar surface area (TPSA) is 80.5 Å². The van der Waals surface area contributed by atoms with Gasteiger partial charge in [-0.15, -0.1) is 0 Å². The molecule has 7 heteroatoms. The van der Waals surface area contributed by atoms with Crippen molar-refractivity contribution in [3.05, 3.63) is 77.4 Å². The standard InChI is InChI=1S/C26H30N4O3/c1-18-27-25(33-29-18)26-14-22(28-24(31)12-19-8-10-23(32-2)11-9-19)13-21(26)16-30(17-26)15-20-6-4-3-5-7-20/h3-11,21-22H,12-17H2,1-2H3,(H,28,31). The van der Waals surface area contributed by atoms with Crippen LogP contribution in [0, 0.1) is 12.8 Å². The number of methoxy groups -OCH3 is 1. The lowest BCUT2D eigenvalue weighted by molar-refractivity contribution is -0.121. The molecule has 0 bridgehead atoms.